The summed E-state index contributed by atoms with van der Waals surface area (Å²) >= 11 is 12.5. The van der Waals surface area contributed by atoms with E-state index in [0.717, 1.165) is 36.6 Å². The third kappa shape index (κ3) is 4.36. The van der Waals surface area contributed by atoms with Crippen LogP contribution in [0.5, 0.6) is 5.88 Å². The van der Waals surface area contributed by atoms with Crippen LogP contribution in [-0.2, 0) is 0 Å². The van der Waals surface area contributed by atoms with Gasteiger partial charge in [-0.1, -0.05) is 40.8 Å². The number of carbonyl (C=O) groups excluding carboxylic acids is 1. The molecule has 0 radical (unpaired) electrons. The molecule has 1 fully saturated rings. The fourth-order valence-electron chi connectivity index (χ4n) is 5.07. The first kappa shape index (κ1) is 23.6. The van der Waals surface area contributed by atoms with E-state index in [4.69, 9.17) is 32.5 Å². The van der Waals surface area contributed by atoms with Crippen molar-refractivity contribution in [3.8, 4) is 5.88 Å². The van der Waals surface area contributed by atoms with Crippen molar-refractivity contribution in [2.45, 2.75) is 38.6 Å². The van der Waals surface area contributed by atoms with E-state index in [9.17, 15) is 9.59 Å². The summed E-state index contributed by atoms with van der Waals surface area (Å²) in [4.78, 5) is 30.3. The molecule has 8 nitrogen and oxygen atoms in total. The molecule has 0 aliphatic heterocycles. The van der Waals surface area contributed by atoms with Gasteiger partial charge in [0.25, 0.3) is 11.5 Å². The molecule has 1 amide bonds. The van der Waals surface area contributed by atoms with Crippen molar-refractivity contribution in [3.05, 3.63) is 62.2 Å². The average molecular weight is 515 g/mol. The Bertz CT molecular complexity index is 1500. The van der Waals surface area contributed by atoms with Crippen LogP contribution in [-0.4, -0.2) is 34.3 Å². The summed E-state index contributed by atoms with van der Waals surface area (Å²) in [5.74, 6) is 0.722. The molecule has 1 saturated carbocycles. The van der Waals surface area contributed by atoms with Gasteiger partial charge in [-0.15, -0.1) is 0 Å². The molecule has 3 heterocycles. The normalized spacial score (nSPS) is 18.2. The highest BCUT2D eigenvalue weighted by Gasteiger charge is 2.28. The molecule has 10 heteroatoms. The second-order valence-corrected chi connectivity index (χ2v) is 9.68. The molecule has 0 saturated heterocycles. The Kier molecular flexibility index (Phi) is 6.42. The van der Waals surface area contributed by atoms with Crippen molar-refractivity contribution >= 4 is 50.9 Å². The van der Waals surface area contributed by atoms with Crippen LogP contribution in [0.2, 0.25) is 10.2 Å². The first-order valence-corrected chi connectivity index (χ1v) is 12.2. The molecule has 2 atom stereocenters. The molecule has 1 aliphatic rings. The number of benzene rings is 1. The van der Waals surface area contributed by atoms with E-state index in [1.54, 1.807) is 19.1 Å². The number of aromatic nitrogens is 3. The van der Waals surface area contributed by atoms with Crippen molar-refractivity contribution in [2.75, 3.05) is 13.7 Å². The van der Waals surface area contributed by atoms with Crippen molar-refractivity contribution in [1.82, 2.24) is 20.0 Å². The maximum absolute atomic E-state index is 13.6. The van der Waals surface area contributed by atoms with E-state index in [1.165, 1.54) is 13.2 Å². The number of hydrogen-bond acceptors (Lipinski definition) is 6. The lowest BCUT2D eigenvalue weighted by Crippen LogP contribution is -2.34. The number of halogens is 2. The van der Waals surface area contributed by atoms with E-state index >= 15 is 0 Å². The highest BCUT2D eigenvalue weighted by Crippen LogP contribution is 2.37. The lowest BCUT2D eigenvalue weighted by molar-refractivity contribution is 0.0940. The van der Waals surface area contributed by atoms with Gasteiger partial charge in [-0.3, -0.25) is 9.59 Å². The third-order valence-electron chi connectivity index (χ3n) is 6.70. The Morgan fingerprint density at radius 2 is 2.09 bits per heavy atom. The van der Waals surface area contributed by atoms with Crippen molar-refractivity contribution in [2.24, 2.45) is 5.92 Å². The number of fused-ring (bicyclic) bond motifs is 3. The standard InChI is InChI=1S/C25H24Cl2N4O4/c1-13-21-23(30-35-13)22-17(26)7-4-8-18(22)31(25(21)33)16-6-3-5-14(9-16)12-28-24(32)15-10-19(27)29-20(11-15)34-2/h4,7-8,10-11,14,16H,3,5-6,9,12H2,1-2H3,(H,28,32). The monoisotopic (exact) mass is 514 g/mol. The second-order valence-electron chi connectivity index (χ2n) is 8.89. The number of hydrogen-bond donors (Lipinski definition) is 1. The van der Waals surface area contributed by atoms with Crippen LogP contribution in [0, 0.1) is 12.8 Å². The van der Waals surface area contributed by atoms with Gasteiger partial charge in [0.15, 0.2) is 0 Å². The van der Waals surface area contributed by atoms with Crippen LogP contribution in [0.25, 0.3) is 21.8 Å². The minimum Gasteiger partial charge on any atom is -0.481 e. The minimum absolute atomic E-state index is 0.0340. The van der Waals surface area contributed by atoms with Gasteiger partial charge in [0, 0.05) is 29.6 Å². The van der Waals surface area contributed by atoms with Gasteiger partial charge in [-0.05, 0) is 50.3 Å². The number of aryl methyl sites for hydroxylation is 1. The van der Waals surface area contributed by atoms with Gasteiger partial charge in [0.1, 0.15) is 21.8 Å². The number of rotatable bonds is 5. The second kappa shape index (κ2) is 9.51. The topological polar surface area (TPSA) is 99.2 Å². The molecule has 182 valence electrons. The fourth-order valence-corrected chi connectivity index (χ4v) is 5.52. The molecule has 3 aromatic heterocycles. The molecule has 5 rings (SSSR count). The van der Waals surface area contributed by atoms with Gasteiger partial charge in [0.05, 0.1) is 17.6 Å². The number of methoxy groups -OCH3 is 1. The minimum atomic E-state index is -0.245. The summed E-state index contributed by atoms with van der Waals surface area (Å²) in [6.45, 7) is 2.23. The zero-order valence-corrected chi connectivity index (χ0v) is 20.8. The van der Waals surface area contributed by atoms with Crippen LogP contribution in [0.15, 0.2) is 39.6 Å². The van der Waals surface area contributed by atoms with Crippen molar-refractivity contribution in [3.63, 3.8) is 0 Å². The first-order valence-electron chi connectivity index (χ1n) is 11.5. The summed E-state index contributed by atoms with van der Waals surface area (Å²) in [7, 11) is 1.47. The number of ether oxygens (including phenoxy) is 1. The lowest BCUT2D eigenvalue weighted by Gasteiger charge is -2.31. The van der Waals surface area contributed by atoms with Crippen molar-refractivity contribution in [1.29, 1.82) is 0 Å². The van der Waals surface area contributed by atoms with Gasteiger partial charge < -0.3 is 19.1 Å². The summed E-state index contributed by atoms with van der Waals surface area (Å²) in [6.07, 6.45) is 3.51. The van der Waals surface area contributed by atoms with Gasteiger partial charge in [-0.2, -0.15) is 0 Å². The number of carbonyl (C=O) groups is 1. The highest BCUT2D eigenvalue weighted by atomic mass is 35.5. The zero-order valence-electron chi connectivity index (χ0n) is 19.3. The Balaban J connectivity index is 1.42. The van der Waals surface area contributed by atoms with Crippen LogP contribution in [0.1, 0.15) is 47.8 Å². The predicted octanol–water partition coefficient (Wildman–Crippen LogP) is 5.32. The number of pyridine rings is 2. The number of amides is 1. The number of nitrogens with zero attached hydrogens (tertiary/aromatic N) is 3. The molecule has 35 heavy (non-hydrogen) atoms. The molecule has 2 unspecified atom stereocenters. The zero-order chi connectivity index (χ0) is 24.7. The van der Waals surface area contributed by atoms with E-state index in [0.29, 0.717) is 33.8 Å². The van der Waals surface area contributed by atoms with Crippen LogP contribution in [0.4, 0.5) is 0 Å². The van der Waals surface area contributed by atoms with E-state index < -0.39 is 0 Å². The summed E-state index contributed by atoms with van der Waals surface area (Å²) in [6, 6.07) is 8.56. The summed E-state index contributed by atoms with van der Waals surface area (Å²) in [5.41, 5.74) is 1.51. The molecule has 0 spiro atoms. The smallest absolute Gasteiger partial charge is 0.264 e. The van der Waals surface area contributed by atoms with Crippen LogP contribution < -0.4 is 15.6 Å². The summed E-state index contributed by atoms with van der Waals surface area (Å²) < 4.78 is 12.3. The quantitative estimate of drug-likeness (QED) is 0.361. The molecular weight excluding hydrogens is 491 g/mol. The maximum Gasteiger partial charge on any atom is 0.264 e. The molecule has 1 aromatic carbocycles. The van der Waals surface area contributed by atoms with Gasteiger partial charge in [-0.25, -0.2) is 4.98 Å². The van der Waals surface area contributed by atoms with E-state index in [2.05, 4.69) is 15.5 Å². The summed E-state index contributed by atoms with van der Waals surface area (Å²) in [5, 5.41) is 9.03. The number of nitrogens with one attached hydrogen (secondary N) is 1. The van der Waals surface area contributed by atoms with E-state index in [-0.39, 0.29) is 34.5 Å². The van der Waals surface area contributed by atoms with Crippen LogP contribution >= 0.6 is 23.2 Å². The van der Waals surface area contributed by atoms with Gasteiger partial charge >= 0.3 is 0 Å². The average Bonchev–Trinajstić information content (AvgIpc) is 3.24. The SMILES string of the molecule is COc1cc(C(=O)NCC2CCCC(n3c(=O)c4c(C)onc4c4c(Cl)cccc43)C2)cc(Cl)n1. The fraction of sp³-hybridized carbons (Fsp3) is 0.360. The Labute approximate surface area is 211 Å². The maximum atomic E-state index is 13.6. The molecular formula is C25H24Cl2N4O4. The van der Waals surface area contributed by atoms with Gasteiger partial charge in [0.2, 0.25) is 5.88 Å². The lowest BCUT2D eigenvalue weighted by atomic mass is 9.85. The highest BCUT2D eigenvalue weighted by molar-refractivity contribution is 6.37. The largest absolute Gasteiger partial charge is 0.481 e. The predicted molar refractivity (Wildman–Crippen MR) is 135 cm³/mol. The Hall–Kier alpha value is -3.10. The van der Waals surface area contributed by atoms with Crippen LogP contribution in [0.3, 0.4) is 0 Å². The molecule has 1 N–H and O–H groups in total. The first-order chi connectivity index (χ1) is 16.9. The Morgan fingerprint density at radius 1 is 1.26 bits per heavy atom. The molecule has 0 bridgehead atoms. The van der Waals surface area contributed by atoms with Crippen molar-refractivity contribution < 1.29 is 14.1 Å². The molecule has 4 aromatic rings. The molecule has 1 aliphatic carbocycles. The van der Waals surface area contributed by atoms with E-state index in [1.807, 2.05) is 16.7 Å². The Morgan fingerprint density at radius 3 is 2.89 bits per heavy atom. The third-order valence-corrected chi connectivity index (χ3v) is 7.21.